The van der Waals surface area contributed by atoms with Gasteiger partial charge >= 0.3 is 6.09 Å². The van der Waals surface area contributed by atoms with Crippen LogP contribution in [0.5, 0.6) is 0 Å². The first-order chi connectivity index (χ1) is 11.7. The summed E-state index contributed by atoms with van der Waals surface area (Å²) in [7, 11) is 0. The first kappa shape index (κ1) is 17.7. The van der Waals surface area contributed by atoms with Gasteiger partial charge in [0.2, 0.25) is 5.91 Å². The molecule has 3 rings (SSSR count). The van der Waals surface area contributed by atoms with Crippen LogP contribution in [0.2, 0.25) is 0 Å². The smallest absolute Gasteiger partial charge is 0.410 e. The molecular weight excluding hydrogens is 323 g/mol. The van der Waals surface area contributed by atoms with Gasteiger partial charge in [-0.2, -0.15) is 0 Å². The summed E-state index contributed by atoms with van der Waals surface area (Å²) in [5.74, 6) is -0.345. The van der Waals surface area contributed by atoms with Gasteiger partial charge in [0.15, 0.2) is 0 Å². The molecule has 0 bridgehead atoms. The molecule has 1 aliphatic carbocycles. The predicted molar refractivity (Wildman–Crippen MR) is 91.7 cm³/mol. The third-order valence-electron chi connectivity index (χ3n) is 4.77. The Morgan fingerprint density at radius 1 is 1.04 bits per heavy atom. The molecule has 0 aromatic heterocycles. The molecule has 2 aliphatic rings. The predicted octanol–water partition coefficient (Wildman–Crippen LogP) is 2.94. The average molecular weight is 348 g/mol. The second-order valence-electron chi connectivity index (χ2n) is 7.82. The standard InChI is InChI=1S/C19H25FN2O3/c1-18(2,3)25-17(24)22-12-10-21(11-13-22)16(23)19(8-9-19)14-6-4-5-7-15(14)20/h4-7H,8-13H2,1-3H3. The summed E-state index contributed by atoms with van der Waals surface area (Å²) in [5.41, 5.74) is -0.749. The van der Waals surface area contributed by atoms with E-state index in [1.807, 2.05) is 20.8 Å². The van der Waals surface area contributed by atoms with E-state index in [2.05, 4.69) is 0 Å². The van der Waals surface area contributed by atoms with Crippen molar-refractivity contribution in [3.05, 3.63) is 35.6 Å². The molecule has 1 aromatic carbocycles. The maximum absolute atomic E-state index is 14.1. The minimum absolute atomic E-state index is 0.0264. The third-order valence-corrected chi connectivity index (χ3v) is 4.77. The molecule has 1 saturated heterocycles. The molecule has 1 aliphatic heterocycles. The molecule has 0 unspecified atom stereocenters. The summed E-state index contributed by atoms with van der Waals surface area (Å²) in [6, 6.07) is 6.52. The number of benzene rings is 1. The maximum atomic E-state index is 14.1. The molecule has 0 atom stereocenters. The van der Waals surface area contributed by atoms with E-state index in [-0.39, 0.29) is 17.8 Å². The van der Waals surface area contributed by atoms with Crippen LogP contribution >= 0.6 is 0 Å². The van der Waals surface area contributed by atoms with E-state index in [4.69, 9.17) is 4.74 Å². The number of hydrogen-bond acceptors (Lipinski definition) is 3. The van der Waals surface area contributed by atoms with Crippen LogP contribution in [0.25, 0.3) is 0 Å². The zero-order chi connectivity index (χ0) is 18.2. The molecular formula is C19H25FN2O3. The Balaban J connectivity index is 1.63. The van der Waals surface area contributed by atoms with E-state index in [1.54, 1.807) is 28.0 Å². The topological polar surface area (TPSA) is 49.9 Å². The van der Waals surface area contributed by atoms with Crippen molar-refractivity contribution in [1.29, 1.82) is 0 Å². The Kier molecular flexibility index (Phi) is 4.47. The van der Waals surface area contributed by atoms with Crippen LogP contribution in [0.4, 0.5) is 9.18 Å². The van der Waals surface area contributed by atoms with Crippen LogP contribution in [-0.2, 0) is 14.9 Å². The van der Waals surface area contributed by atoms with Gasteiger partial charge in [-0.05, 0) is 39.7 Å². The van der Waals surface area contributed by atoms with Gasteiger partial charge in [0.05, 0.1) is 5.41 Å². The molecule has 2 amide bonds. The Morgan fingerprint density at radius 2 is 1.60 bits per heavy atom. The maximum Gasteiger partial charge on any atom is 0.410 e. The van der Waals surface area contributed by atoms with Gasteiger partial charge in [-0.25, -0.2) is 9.18 Å². The highest BCUT2D eigenvalue weighted by Gasteiger charge is 2.54. The van der Waals surface area contributed by atoms with E-state index in [0.29, 0.717) is 44.6 Å². The van der Waals surface area contributed by atoms with Crippen molar-refractivity contribution < 1.29 is 18.7 Å². The van der Waals surface area contributed by atoms with Crippen LogP contribution < -0.4 is 0 Å². The summed E-state index contributed by atoms with van der Waals surface area (Å²) < 4.78 is 19.5. The second kappa shape index (κ2) is 6.32. The van der Waals surface area contributed by atoms with Gasteiger partial charge in [-0.3, -0.25) is 4.79 Å². The molecule has 1 heterocycles. The Bertz CT molecular complexity index is 671. The van der Waals surface area contributed by atoms with Crippen LogP contribution in [0.1, 0.15) is 39.2 Å². The summed E-state index contributed by atoms with van der Waals surface area (Å²) in [6.07, 6.45) is 1.01. The lowest BCUT2D eigenvalue weighted by Crippen LogP contribution is -2.53. The van der Waals surface area contributed by atoms with E-state index in [1.165, 1.54) is 6.07 Å². The number of halogens is 1. The summed E-state index contributed by atoms with van der Waals surface area (Å²) in [4.78, 5) is 28.5. The molecule has 0 N–H and O–H groups in total. The molecule has 1 saturated carbocycles. The SMILES string of the molecule is CC(C)(C)OC(=O)N1CCN(C(=O)C2(c3ccccc3F)CC2)CC1. The summed E-state index contributed by atoms with van der Waals surface area (Å²) in [6.45, 7) is 7.27. The molecule has 0 spiro atoms. The van der Waals surface area contributed by atoms with E-state index in [0.717, 1.165) is 0 Å². The second-order valence-corrected chi connectivity index (χ2v) is 7.82. The highest BCUT2D eigenvalue weighted by molar-refractivity contribution is 5.91. The summed E-state index contributed by atoms with van der Waals surface area (Å²) in [5, 5.41) is 0. The molecule has 2 fully saturated rings. The van der Waals surface area contributed by atoms with Gasteiger partial charge < -0.3 is 14.5 Å². The number of amides is 2. The van der Waals surface area contributed by atoms with Crippen molar-refractivity contribution in [3.63, 3.8) is 0 Å². The molecule has 6 heteroatoms. The first-order valence-electron chi connectivity index (χ1n) is 8.75. The fraction of sp³-hybridized carbons (Fsp3) is 0.579. The summed E-state index contributed by atoms with van der Waals surface area (Å²) >= 11 is 0. The van der Waals surface area contributed by atoms with Crippen LogP contribution in [0.3, 0.4) is 0 Å². The van der Waals surface area contributed by atoms with Crippen molar-refractivity contribution in [2.24, 2.45) is 0 Å². The highest BCUT2D eigenvalue weighted by atomic mass is 19.1. The number of nitrogens with zero attached hydrogens (tertiary/aromatic N) is 2. The number of piperazine rings is 1. The molecule has 5 nitrogen and oxygen atoms in total. The lowest BCUT2D eigenvalue weighted by Gasteiger charge is -2.37. The van der Waals surface area contributed by atoms with Crippen LogP contribution in [0.15, 0.2) is 24.3 Å². The zero-order valence-corrected chi connectivity index (χ0v) is 15.0. The first-order valence-corrected chi connectivity index (χ1v) is 8.75. The van der Waals surface area contributed by atoms with Gasteiger partial charge in [0, 0.05) is 31.7 Å². The Morgan fingerprint density at radius 3 is 2.12 bits per heavy atom. The van der Waals surface area contributed by atoms with Crippen molar-refractivity contribution >= 4 is 12.0 Å². The van der Waals surface area contributed by atoms with Crippen molar-refractivity contribution in [2.45, 2.75) is 44.6 Å². The Hall–Kier alpha value is -2.11. The van der Waals surface area contributed by atoms with E-state index >= 15 is 0 Å². The largest absolute Gasteiger partial charge is 0.444 e. The number of hydrogen-bond donors (Lipinski definition) is 0. The third kappa shape index (κ3) is 3.62. The molecule has 25 heavy (non-hydrogen) atoms. The van der Waals surface area contributed by atoms with E-state index < -0.39 is 11.0 Å². The zero-order valence-electron chi connectivity index (χ0n) is 15.0. The number of ether oxygens (including phenoxy) is 1. The number of carbonyl (C=O) groups is 2. The van der Waals surface area contributed by atoms with E-state index in [9.17, 15) is 14.0 Å². The fourth-order valence-electron chi connectivity index (χ4n) is 3.29. The van der Waals surface area contributed by atoms with Crippen molar-refractivity contribution in [3.8, 4) is 0 Å². The lowest BCUT2D eigenvalue weighted by molar-refractivity contribution is -0.135. The van der Waals surface area contributed by atoms with Crippen molar-refractivity contribution in [1.82, 2.24) is 9.80 Å². The normalized spacial score (nSPS) is 19.5. The minimum atomic E-state index is -0.709. The quantitative estimate of drug-likeness (QED) is 0.826. The molecule has 0 radical (unpaired) electrons. The Labute approximate surface area is 147 Å². The minimum Gasteiger partial charge on any atom is -0.444 e. The number of carbonyl (C=O) groups excluding carboxylic acids is 2. The van der Waals surface area contributed by atoms with Gasteiger partial charge in [0.25, 0.3) is 0 Å². The number of rotatable bonds is 2. The highest BCUT2D eigenvalue weighted by Crippen LogP contribution is 2.50. The monoisotopic (exact) mass is 348 g/mol. The lowest BCUT2D eigenvalue weighted by atomic mass is 9.93. The average Bonchev–Trinajstić information content (AvgIpc) is 3.35. The molecule has 136 valence electrons. The fourth-order valence-corrected chi connectivity index (χ4v) is 3.29. The van der Waals surface area contributed by atoms with Crippen LogP contribution in [-0.4, -0.2) is 53.6 Å². The van der Waals surface area contributed by atoms with Gasteiger partial charge in [-0.1, -0.05) is 18.2 Å². The van der Waals surface area contributed by atoms with Gasteiger partial charge in [-0.15, -0.1) is 0 Å². The van der Waals surface area contributed by atoms with Gasteiger partial charge in [0.1, 0.15) is 11.4 Å². The molecule has 1 aromatic rings. The van der Waals surface area contributed by atoms with Crippen LogP contribution in [0, 0.1) is 5.82 Å². The van der Waals surface area contributed by atoms with Crippen molar-refractivity contribution in [2.75, 3.05) is 26.2 Å².